The van der Waals surface area contributed by atoms with E-state index >= 15 is 0 Å². The highest BCUT2D eigenvalue weighted by Gasteiger charge is 2.34. The number of aliphatic hydroxyl groups excluding tert-OH is 1. The maximum Gasteiger partial charge on any atom is 0.244 e. The maximum absolute atomic E-state index is 12.2. The van der Waals surface area contributed by atoms with Gasteiger partial charge >= 0.3 is 0 Å². The summed E-state index contributed by atoms with van der Waals surface area (Å²) in [5.74, 6) is -0.130. The van der Waals surface area contributed by atoms with Gasteiger partial charge in [0.25, 0.3) is 0 Å². The van der Waals surface area contributed by atoms with Gasteiger partial charge in [0.15, 0.2) is 0 Å². The highest BCUT2D eigenvalue weighted by molar-refractivity contribution is 5.83. The Bertz CT molecular complexity index is 400. The Labute approximate surface area is 100 Å². The first-order valence-corrected chi connectivity index (χ1v) is 5.79. The second kappa shape index (κ2) is 4.85. The minimum absolute atomic E-state index is 0.0258. The van der Waals surface area contributed by atoms with E-state index in [-0.39, 0.29) is 18.6 Å². The topological polar surface area (TPSA) is 84.4 Å². The third kappa shape index (κ3) is 2.65. The molecule has 3 N–H and O–H groups in total. The summed E-state index contributed by atoms with van der Waals surface area (Å²) >= 11 is 0. The lowest BCUT2D eigenvalue weighted by Crippen LogP contribution is -2.41. The van der Waals surface area contributed by atoms with Crippen LogP contribution in [0, 0.1) is 0 Å². The number of aryl methyl sites for hydroxylation is 1. The molecule has 1 fully saturated rings. The number of nitrogens with two attached hydrogens (primary N) is 1. The van der Waals surface area contributed by atoms with E-state index in [4.69, 9.17) is 10.8 Å². The van der Waals surface area contributed by atoms with Gasteiger partial charge in [-0.15, -0.1) is 0 Å². The molecule has 0 aliphatic heterocycles. The molecule has 1 aromatic heterocycles. The molecule has 6 heteroatoms. The van der Waals surface area contributed by atoms with Crippen molar-refractivity contribution in [2.45, 2.75) is 24.9 Å². The quantitative estimate of drug-likeness (QED) is 0.717. The zero-order chi connectivity index (χ0) is 12.4. The van der Waals surface area contributed by atoms with Crippen molar-refractivity contribution in [3.05, 3.63) is 18.0 Å². The van der Waals surface area contributed by atoms with Gasteiger partial charge in [0.1, 0.15) is 6.04 Å². The number of carbonyl (C=O) groups is 1. The molecule has 1 amide bonds. The molecular weight excluding hydrogens is 220 g/mol. The van der Waals surface area contributed by atoms with Gasteiger partial charge < -0.3 is 15.7 Å². The second-order valence-corrected chi connectivity index (χ2v) is 4.41. The molecule has 1 saturated carbocycles. The summed E-state index contributed by atoms with van der Waals surface area (Å²) in [7, 11) is 1.78. The Hall–Kier alpha value is -1.40. The molecule has 1 atom stereocenters. The first-order chi connectivity index (χ1) is 8.13. The van der Waals surface area contributed by atoms with E-state index in [0.29, 0.717) is 12.1 Å². The van der Waals surface area contributed by atoms with Crippen LogP contribution in [0.15, 0.2) is 12.4 Å². The lowest BCUT2D eigenvalue weighted by Gasteiger charge is -2.24. The highest BCUT2D eigenvalue weighted by atomic mass is 16.3. The van der Waals surface area contributed by atoms with E-state index in [1.807, 2.05) is 0 Å². The first kappa shape index (κ1) is 12.1. The highest BCUT2D eigenvalue weighted by Crippen LogP contribution is 2.28. The maximum atomic E-state index is 12.2. The lowest BCUT2D eigenvalue weighted by molar-refractivity contribution is -0.133. The number of hydrogen-bond donors (Lipinski definition) is 2. The molecule has 94 valence electrons. The van der Waals surface area contributed by atoms with E-state index in [1.54, 1.807) is 29.0 Å². The number of rotatable bonds is 5. The lowest BCUT2D eigenvalue weighted by atomic mass is 10.1. The van der Waals surface area contributed by atoms with Crippen LogP contribution in [0.2, 0.25) is 0 Å². The molecule has 1 heterocycles. The molecular formula is C11H18N4O2. The predicted molar refractivity (Wildman–Crippen MR) is 62.0 cm³/mol. The van der Waals surface area contributed by atoms with Gasteiger partial charge in [-0.25, -0.2) is 0 Å². The molecule has 0 aromatic carbocycles. The van der Waals surface area contributed by atoms with Crippen molar-refractivity contribution >= 4 is 5.91 Å². The molecule has 1 aliphatic rings. The van der Waals surface area contributed by atoms with Crippen LogP contribution in [0.3, 0.4) is 0 Å². The largest absolute Gasteiger partial charge is 0.395 e. The van der Waals surface area contributed by atoms with Gasteiger partial charge in [0.2, 0.25) is 5.91 Å². The van der Waals surface area contributed by atoms with E-state index in [2.05, 4.69) is 5.10 Å². The van der Waals surface area contributed by atoms with Gasteiger partial charge in [-0.2, -0.15) is 5.10 Å². The van der Waals surface area contributed by atoms with Crippen LogP contribution in [0.1, 0.15) is 24.4 Å². The van der Waals surface area contributed by atoms with Crippen molar-refractivity contribution in [3.8, 4) is 0 Å². The fourth-order valence-electron chi connectivity index (χ4n) is 1.89. The summed E-state index contributed by atoms with van der Waals surface area (Å²) in [6, 6.07) is -0.423. The molecule has 0 radical (unpaired) electrons. The van der Waals surface area contributed by atoms with Gasteiger partial charge in [-0.05, 0) is 12.8 Å². The molecule has 1 aliphatic carbocycles. The smallest absolute Gasteiger partial charge is 0.244 e. The van der Waals surface area contributed by atoms with E-state index in [9.17, 15) is 4.79 Å². The number of aliphatic hydroxyl groups is 1. The average molecular weight is 238 g/mol. The minimum Gasteiger partial charge on any atom is -0.395 e. The molecule has 1 unspecified atom stereocenters. The van der Waals surface area contributed by atoms with Crippen LogP contribution in [-0.2, 0) is 11.8 Å². The Morgan fingerprint density at radius 2 is 2.47 bits per heavy atom. The van der Waals surface area contributed by atoms with Crippen LogP contribution in [0.5, 0.6) is 0 Å². The minimum atomic E-state index is -0.684. The standard InChI is InChI=1S/C11H18N4O2/c1-14-7-8(6-13-14)10(12)11(17)15(4-5-16)9-2-3-9/h6-7,9-10,16H,2-5,12H2,1H3. The summed E-state index contributed by atoms with van der Waals surface area (Å²) < 4.78 is 1.62. The van der Waals surface area contributed by atoms with Crippen LogP contribution >= 0.6 is 0 Å². The Morgan fingerprint density at radius 3 is 2.94 bits per heavy atom. The van der Waals surface area contributed by atoms with E-state index in [1.165, 1.54) is 0 Å². The number of nitrogens with zero attached hydrogens (tertiary/aromatic N) is 3. The van der Waals surface area contributed by atoms with Gasteiger partial charge in [-0.1, -0.05) is 0 Å². The number of aromatic nitrogens is 2. The number of carbonyl (C=O) groups excluding carboxylic acids is 1. The SMILES string of the molecule is Cn1cc(C(N)C(=O)N(CCO)C2CC2)cn1. The van der Waals surface area contributed by atoms with Crippen molar-refractivity contribution in [1.29, 1.82) is 0 Å². The van der Waals surface area contributed by atoms with E-state index in [0.717, 1.165) is 12.8 Å². The zero-order valence-electron chi connectivity index (χ0n) is 9.91. The molecule has 0 spiro atoms. The van der Waals surface area contributed by atoms with Crippen molar-refractivity contribution in [1.82, 2.24) is 14.7 Å². The Morgan fingerprint density at radius 1 is 1.76 bits per heavy atom. The third-order valence-electron chi connectivity index (χ3n) is 2.96. The Kier molecular flexibility index (Phi) is 3.44. The molecule has 2 rings (SSSR count). The summed E-state index contributed by atoms with van der Waals surface area (Å²) in [5, 5.41) is 13.0. The Balaban J connectivity index is 2.06. The summed E-state index contributed by atoms with van der Waals surface area (Å²) in [6.45, 7) is 0.333. The molecule has 0 bridgehead atoms. The normalized spacial score (nSPS) is 16.9. The summed E-state index contributed by atoms with van der Waals surface area (Å²) in [6.07, 6.45) is 5.36. The van der Waals surface area contributed by atoms with Crippen molar-refractivity contribution in [3.63, 3.8) is 0 Å². The number of amides is 1. The average Bonchev–Trinajstić information content (AvgIpc) is 3.06. The third-order valence-corrected chi connectivity index (χ3v) is 2.96. The van der Waals surface area contributed by atoms with Crippen LogP contribution in [0.4, 0.5) is 0 Å². The first-order valence-electron chi connectivity index (χ1n) is 5.79. The van der Waals surface area contributed by atoms with E-state index < -0.39 is 6.04 Å². The fourth-order valence-corrected chi connectivity index (χ4v) is 1.89. The molecule has 6 nitrogen and oxygen atoms in total. The van der Waals surface area contributed by atoms with Gasteiger partial charge in [0, 0.05) is 31.4 Å². The number of hydrogen-bond acceptors (Lipinski definition) is 4. The van der Waals surface area contributed by atoms with Crippen molar-refractivity contribution in [2.75, 3.05) is 13.2 Å². The fraction of sp³-hybridized carbons (Fsp3) is 0.636. The summed E-state index contributed by atoms with van der Waals surface area (Å²) in [5.41, 5.74) is 6.63. The van der Waals surface area contributed by atoms with Gasteiger partial charge in [0.05, 0.1) is 12.8 Å². The van der Waals surface area contributed by atoms with Crippen LogP contribution in [0.25, 0.3) is 0 Å². The summed E-state index contributed by atoms with van der Waals surface area (Å²) in [4.78, 5) is 13.9. The zero-order valence-corrected chi connectivity index (χ0v) is 9.91. The predicted octanol–water partition coefficient (Wildman–Crippen LogP) is -0.597. The van der Waals surface area contributed by atoms with Crippen molar-refractivity contribution in [2.24, 2.45) is 12.8 Å². The van der Waals surface area contributed by atoms with Crippen molar-refractivity contribution < 1.29 is 9.90 Å². The monoisotopic (exact) mass is 238 g/mol. The second-order valence-electron chi connectivity index (χ2n) is 4.41. The van der Waals surface area contributed by atoms with Crippen LogP contribution < -0.4 is 5.73 Å². The molecule has 17 heavy (non-hydrogen) atoms. The van der Waals surface area contributed by atoms with Gasteiger partial charge in [-0.3, -0.25) is 9.48 Å². The van der Waals surface area contributed by atoms with Crippen LogP contribution in [-0.4, -0.2) is 44.9 Å². The molecule has 1 aromatic rings. The molecule has 0 saturated heterocycles.